The van der Waals surface area contributed by atoms with Crippen LogP contribution < -0.4 is 0 Å². The summed E-state index contributed by atoms with van der Waals surface area (Å²) in [5.74, 6) is 0.797. The smallest absolute Gasteiger partial charge is 0.0664 e. The molecule has 0 unspecified atom stereocenters. The Kier molecular flexibility index (Phi) is 3.17. The molecule has 80 valence electrons. The molecule has 1 heterocycles. The molecule has 0 aliphatic carbocycles. The molecule has 0 aromatic heterocycles. The second-order valence-electron chi connectivity index (χ2n) is 4.14. The highest BCUT2D eigenvalue weighted by molar-refractivity contribution is 5.80. The highest BCUT2D eigenvalue weighted by Gasteiger charge is 2.21. The van der Waals surface area contributed by atoms with Gasteiger partial charge in [0.2, 0.25) is 0 Å². The van der Waals surface area contributed by atoms with E-state index in [1.807, 2.05) is 18.3 Å². The number of para-hydroxylation sites is 1. The molecule has 1 aliphatic heterocycles. The van der Waals surface area contributed by atoms with Crippen molar-refractivity contribution < 1.29 is 5.11 Å². The van der Waals surface area contributed by atoms with Gasteiger partial charge < -0.3 is 5.11 Å². The van der Waals surface area contributed by atoms with E-state index in [0.29, 0.717) is 11.8 Å². The lowest BCUT2D eigenvalue weighted by atomic mass is 9.89. The van der Waals surface area contributed by atoms with E-state index in [9.17, 15) is 5.11 Å². The van der Waals surface area contributed by atoms with E-state index in [4.69, 9.17) is 0 Å². The van der Waals surface area contributed by atoms with Gasteiger partial charge in [0.25, 0.3) is 0 Å². The van der Waals surface area contributed by atoms with Crippen molar-refractivity contribution >= 4 is 11.9 Å². The first-order valence-corrected chi connectivity index (χ1v) is 5.59. The molecule has 2 heteroatoms. The van der Waals surface area contributed by atoms with Crippen LogP contribution in [0, 0.1) is 5.92 Å². The van der Waals surface area contributed by atoms with Crippen LogP contribution in [-0.2, 0) is 0 Å². The van der Waals surface area contributed by atoms with Crippen LogP contribution in [0.1, 0.15) is 31.2 Å². The van der Waals surface area contributed by atoms with Crippen molar-refractivity contribution in [1.29, 1.82) is 0 Å². The second-order valence-corrected chi connectivity index (χ2v) is 4.14. The fraction of sp³-hybridized carbons (Fsp3) is 0.462. The summed E-state index contributed by atoms with van der Waals surface area (Å²) in [6.07, 6.45) is 4.06. The highest BCUT2D eigenvalue weighted by Crippen LogP contribution is 2.35. The Balaban J connectivity index is 2.11. The fourth-order valence-corrected chi connectivity index (χ4v) is 2.09. The van der Waals surface area contributed by atoms with Crippen LogP contribution in [0.3, 0.4) is 0 Å². The molecule has 15 heavy (non-hydrogen) atoms. The van der Waals surface area contributed by atoms with Gasteiger partial charge in [-0.1, -0.05) is 31.5 Å². The van der Waals surface area contributed by atoms with Crippen LogP contribution >= 0.6 is 0 Å². The molecule has 0 saturated carbocycles. The van der Waals surface area contributed by atoms with Gasteiger partial charge in [-0.05, 0) is 24.0 Å². The van der Waals surface area contributed by atoms with Crippen molar-refractivity contribution in [2.24, 2.45) is 10.9 Å². The van der Waals surface area contributed by atoms with E-state index in [1.165, 1.54) is 5.56 Å². The van der Waals surface area contributed by atoms with Gasteiger partial charge in [-0.3, -0.25) is 4.99 Å². The Hall–Kier alpha value is -1.15. The summed E-state index contributed by atoms with van der Waals surface area (Å²) < 4.78 is 0. The van der Waals surface area contributed by atoms with Gasteiger partial charge in [0, 0.05) is 18.7 Å². The maximum atomic E-state index is 9.19. The second kappa shape index (κ2) is 4.58. The summed E-state index contributed by atoms with van der Waals surface area (Å²) in [7, 11) is 0. The van der Waals surface area contributed by atoms with Gasteiger partial charge >= 0.3 is 0 Å². The first-order valence-electron chi connectivity index (χ1n) is 5.59. The van der Waals surface area contributed by atoms with Crippen molar-refractivity contribution in [2.45, 2.75) is 25.7 Å². The van der Waals surface area contributed by atoms with E-state index < -0.39 is 0 Å². The molecule has 0 radical (unpaired) electrons. The molecule has 0 fully saturated rings. The summed E-state index contributed by atoms with van der Waals surface area (Å²) in [5, 5.41) is 9.19. The summed E-state index contributed by atoms with van der Waals surface area (Å²) in [5.41, 5.74) is 2.40. The number of fused-ring (bicyclic) bond motifs is 1. The van der Waals surface area contributed by atoms with Crippen molar-refractivity contribution in [3.05, 3.63) is 29.8 Å². The van der Waals surface area contributed by atoms with Crippen LogP contribution in [0.15, 0.2) is 29.3 Å². The normalized spacial score (nSPS) is 20.3. The summed E-state index contributed by atoms with van der Waals surface area (Å²) in [4.78, 5) is 4.40. The lowest BCUT2D eigenvalue weighted by Gasteiger charge is -2.15. The maximum absolute atomic E-state index is 9.19. The SMILES string of the molecule is CC[C@H](CO)C[C@H]1C=Nc2ccccc21. The summed E-state index contributed by atoms with van der Waals surface area (Å²) in [6, 6.07) is 8.26. The number of hydrogen-bond acceptors (Lipinski definition) is 2. The van der Waals surface area contributed by atoms with Gasteiger partial charge in [0.1, 0.15) is 0 Å². The monoisotopic (exact) mass is 203 g/mol. The van der Waals surface area contributed by atoms with Crippen LogP contribution in [0.25, 0.3) is 0 Å². The van der Waals surface area contributed by atoms with Gasteiger partial charge in [-0.25, -0.2) is 0 Å². The Morgan fingerprint density at radius 1 is 1.40 bits per heavy atom. The highest BCUT2D eigenvalue weighted by atomic mass is 16.3. The molecule has 1 aliphatic rings. The Bertz CT molecular complexity index is 355. The molecular weight excluding hydrogens is 186 g/mol. The molecule has 2 nitrogen and oxygen atoms in total. The van der Waals surface area contributed by atoms with Crippen molar-refractivity contribution in [3.8, 4) is 0 Å². The predicted octanol–water partition coefficient (Wildman–Crippen LogP) is 2.89. The van der Waals surface area contributed by atoms with Crippen LogP contribution in [0.4, 0.5) is 5.69 Å². The Labute approximate surface area is 90.7 Å². The zero-order chi connectivity index (χ0) is 10.7. The number of rotatable bonds is 4. The minimum Gasteiger partial charge on any atom is -0.396 e. The first kappa shape index (κ1) is 10.4. The third kappa shape index (κ3) is 2.10. The average molecular weight is 203 g/mol. The van der Waals surface area contributed by atoms with Crippen molar-refractivity contribution in [2.75, 3.05) is 6.61 Å². The van der Waals surface area contributed by atoms with E-state index in [-0.39, 0.29) is 6.61 Å². The van der Waals surface area contributed by atoms with Crippen LogP contribution in [0.2, 0.25) is 0 Å². The zero-order valence-electron chi connectivity index (χ0n) is 9.06. The molecule has 0 spiro atoms. The largest absolute Gasteiger partial charge is 0.396 e. The molecule has 0 bridgehead atoms. The molecule has 1 aromatic rings. The Morgan fingerprint density at radius 2 is 2.20 bits per heavy atom. The molecule has 0 saturated heterocycles. The maximum Gasteiger partial charge on any atom is 0.0664 e. The number of aliphatic hydroxyl groups is 1. The number of nitrogens with zero attached hydrogens (tertiary/aromatic N) is 1. The molecule has 0 amide bonds. The number of hydrogen-bond donors (Lipinski definition) is 1. The standard InChI is InChI=1S/C13H17NO/c1-2-10(9-15)7-11-8-14-13-6-4-3-5-12(11)13/h3-6,8,10-11,15H,2,7,9H2,1H3/t10-,11-/m0/s1. The lowest BCUT2D eigenvalue weighted by molar-refractivity contribution is 0.213. The third-order valence-corrected chi connectivity index (χ3v) is 3.15. The van der Waals surface area contributed by atoms with Gasteiger partial charge in [0.15, 0.2) is 0 Å². The lowest BCUT2D eigenvalue weighted by Crippen LogP contribution is -2.10. The molecule has 1 aromatic carbocycles. The van der Waals surface area contributed by atoms with Crippen LogP contribution in [0.5, 0.6) is 0 Å². The van der Waals surface area contributed by atoms with Crippen molar-refractivity contribution in [1.82, 2.24) is 0 Å². The number of aliphatic imine (C=N–C) groups is 1. The van der Waals surface area contributed by atoms with Gasteiger partial charge in [0.05, 0.1) is 5.69 Å². The summed E-state index contributed by atoms with van der Waals surface area (Å²) >= 11 is 0. The van der Waals surface area contributed by atoms with Crippen LogP contribution in [-0.4, -0.2) is 17.9 Å². The number of benzene rings is 1. The Morgan fingerprint density at radius 3 is 2.93 bits per heavy atom. The van der Waals surface area contributed by atoms with E-state index >= 15 is 0 Å². The first-order chi connectivity index (χ1) is 7.35. The topological polar surface area (TPSA) is 32.6 Å². The van der Waals surface area contributed by atoms with E-state index in [1.54, 1.807) is 0 Å². The summed E-state index contributed by atoms with van der Waals surface area (Å²) in [6.45, 7) is 2.40. The molecule has 2 atom stereocenters. The molecule has 1 N–H and O–H groups in total. The fourth-order valence-electron chi connectivity index (χ4n) is 2.09. The van der Waals surface area contributed by atoms with Gasteiger partial charge in [-0.15, -0.1) is 0 Å². The minimum atomic E-state index is 0.281. The van der Waals surface area contributed by atoms with E-state index in [2.05, 4.69) is 24.0 Å². The molecular formula is C13H17NO. The van der Waals surface area contributed by atoms with E-state index in [0.717, 1.165) is 18.5 Å². The van der Waals surface area contributed by atoms with Crippen molar-refractivity contribution in [3.63, 3.8) is 0 Å². The van der Waals surface area contributed by atoms with Gasteiger partial charge in [-0.2, -0.15) is 0 Å². The molecule has 2 rings (SSSR count). The third-order valence-electron chi connectivity index (χ3n) is 3.15. The quantitative estimate of drug-likeness (QED) is 0.801. The minimum absolute atomic E-state index is 0.281. The zero-order valence-corrected chi connectivity index (χ0v) is 9.06. The number of aliphatic hydroxyl groups excluding tert-OH is 1. The predicted molar refractivity (Wildman–Crippen MR) is 62.8 cm³/mol. The average Bonchev–Trinajstić information content (AvgIpc) is 2.69.